The summed E-state index contributed by atoms with van der Waals surface area (Å²) in [6.07, 6.45) is 8.82. The average Bonchev–Trinajstić information content (AvgIpc) is 3.30. The highest BCUT2D eigenvalue weighted by Crippen LogP contribution is 2.33. The Morgan fingerprint density at radius 1 is 0.971 bits per heavy atom. The number of rotatable bonds is 6. The van der Waals surface area contributed by atoms with E-state index in [2.05, 4.69) is 20.3 Å². The van der Waals surface area contributed by atoms with Crippen molar-refractivity contribution < 1.29 is 9.53 Å². The molecule has 0 saturated heterocycles. The summed E-state index contributed by atoms with van der Waals surface area (Å²) >= 11 is 0. The van der Waals surface area contributed by atoms with Crippen LogP contribution < -0.4 is 10.1 Å². The third kappa shape index (κ3) is 4.23. The molecule has 0 unspecified atom stereocenters. The normalized spacial score (nSPS) is 10.9. The molecular weight excluding hydrogens is 426 g/mol. The highest BCUT2D eigenvalue weighted by atomic mass is 16.5. The predicted molar refractivity (Wildman–Crippen MR) is 131 cm³/mol. The topological polar surface area (TPSA) is 81.9 Å². The molecule has 0 aliphatic heterocycles. The Balaban J connectivity index is 1.40. The first-order chi connectivity index (χ1) is 16.6. The van der Waals surface area contributed by atoms with Gasteiger partial charge < -0.3 is 14.6 Å². The Morgan fingerprint density at radius 3 is 2.62 bits per heavy atom. The number of fused-ring (bicyclic) bond motifs is 1. The van der Waals surface area contributed by atoms with Crippen molar-refractivity contribution in [1.82, 2.24) is 24.8 Å². The van der Waals surface area contributed by atoms with Crippen LogP contribution in [-0.4, -0.2) is 25.4 Å². The lowest BCUT2D eigenvalue weighted by molar-refractivity contribution is 0.0950. The molecule has 5 rings (SSSR count). The molecule has 7 nitrogen and oxygen atoms in total. The highest BCUT2D eigenvalue weighted by Gasteiger charge is 2.15. The first-order valence-corrected chi connectivity index (χ1v) is 10.9. The third-order valence-corrected chi connectivity index (χ3v) is 5.73. The number of aryl methyl sites for hydroxylation is 1. The van der Waals surface area contributed by atoms with Crippen LogP contribution in [-0.2, 0) is 13.6 Å². The van der Waals surface area contributed by atoms with Crippen LogP contribution in [0.3, 0.4) is 0 Å². The van der Waals surface area contributed by atoms with E-state index in [0.717, 1.165) is 33.4 Å². The Bertz CT molecular complexity index is 1480. The third-order valence-electron chi connectivity index (χ3n) is 5.73. The minimum absolute atomic E-state index is 0.154. The molecule has 0 radical (unpaired) electrons. The van der Waals surface area contributed by atoms with Crippen LogP contribution in [0.4, 0.5) is 0 Å². The zero-order valence-electron chi connectivity index (χ0n) is 18.9. The molecule has 3 heterocycles. The Labute approximate surface area is 197 Å². The first kappa shape index (κ1) is 21.3. The molecule has 0 saturated carbocycles. The van der Waals surface area contributed by atoms with Gasteiger partial charge in [-0.05, 0) is 55.0 Å². The molecule has 0 bridgehead atoms. The van der Waals surface area contributed by atoms with Crippen LogP contribution in [0.1, 0.15) is 21.5 Å². The van der Waals surface area contributed by atoms with Crippen LogP contribution in [0.25, 0.3) is 22.3 Å². The second kappa shape index (κ2) is 9.15. The summed E-state index contributed by atoms with van der Waals surface area (Å²) in [7, 11) is 1.96. The second-order valence-electron chi connectivity index (χ2n) is 7.97. The fraction of sp³-hybridized carbons (Fsp3) is 0.111. The van der Waals surface area contributed by atoms with Crippen LogP contribution in [0.2, 0.25) is 0 Å². The van der Waals surface area contributed by atoms with E-state index < -0.39 is 0 Å². The fourth-order valence-corrected chi connectivity index (χ4v) is 3.86. The van der Waals surface area contributed by atoms with Gasteiger partial charge in [0.2, 0.25) is 0 Å². The molecular formula is C27H23N5O2. The summed E-state index contributed by atoms with van der Waals surface area (Å²) in [5, 5.41) is 3.84. The quantitative estimate of drug-likeness (QED) is 0.392. The van der Waals surface area contributed by atoms with Gasteiger partial charge >= 0.3 is 0 Å². The van der Waals surface area contributed by atoms with E-state index in [-0.39, 0.29) is 5.91 Å². The van der Waals surface area contributed by atoms with E-state index >= 15 is 0 Å². The molecule has 34 heavy (non-hydrogen) atoms. The largest absolute Gasteiger partial charge is 0.456 e. The summed E-state index contributed by atoms with van der Waals surface area (Å²) in [5.74, 6) is 2.02. The molecule has 0 aliphatic carbocycles. The van der Waals surface area contributed by atoms with Crippen molar-refractivity contribution in [2.24, 2.45) is 7.05 Å². The number of carbonyl (C=O) groups excluding carboxylic acids is 1. The van der Waals surface area contributed by atoms with Crippen molar-refractivity contribution in [2.75, 3.05) is 0 Å². The number of pyridine rings is 2. The number of nitrogens with one attached hydrogen (secondary N) is 1. The summed E-state index contributed by atoms with van der Waals surface area (Å²) in [5.41, 5.74) is 4.11. The Kier molecular flexibility index (Phi) is 5.74. The van der Waals surface area contributed by atoms with Crippen molar-refractivity contribution in [3.63, 3.8) is 0 Å². The Hall–Kier alpha value is -4.52. The van der Waals surface area contributed by atoms with Crippen LogP contribution in [0, 0.1) is 6.92 Å². The van der Waals surface area contributed by atoms with Gasteiger partial charge in [-0.3, -0.25) is 14.8 Å². The number of hydrogen-bond acceptors (Lipinski definition) is 5. The highest BCUT2D eigenvalue weighted by molar-refractivity contribution is 5.96. The van der Waals surface area contributed by atoms with Crippen molar-refractivity contribution in [1.29, 1.82) is 0 Å². The van der Waals surface area contributed by atoms with Crippen LogP contribution >= 0.6 is 0 Å². The van der Waals surface area contributed by atoms with Gasteiger partial charge in [-0.1, -0.05) is 12.1 Å². The maximum absolute atomic E-state index is 12.8. The minimum atomic E-state index is -0.154. The molecule has 2 aromatic carbocycles. The fourth-order valence-electron chi connectivity index (χ4n) is 3.86. The first-order valence-electron chi connectivity index (χ1n) is 10.9. The zero-order chi connectivity index (χ0) is 23.5. The maximum Gasteiger partial charge on any atom is 0.251 e. The number of ether oxygens (including phenoxy) is 1. The molecule has 0 spiro atoms. The van der Waals surface area contributed by atoms with E-state index in [1.807, 2.05) is 73.3 Å². The van der Waals surface area contributed by atoms with Crippen molar-refractivity contribution in [2.45, 2.75) is 13.5 Å². The summed E-state index contributed by atoms with van der Waals surface area (Å²) in [6, 6.07) is 17.1. The van der Waals surface area contributed by atoms with Gasteiger partial charge in [0, 0.05) is 66.7 Å². The smallest absolute Gasteiger partial charge is 0.251 e. The molecule has 168 valence electrons. The van der Waals surface area contributed by atoms with E-state index in [1.165, 1.54) is 0 Å². The monoisotopic (exact) mass is 449 g/mol. The van der Waals surface area contributed by atoms with Crippen molar-refractivity contribution in [3.05, 3.63) is 102 Å². The van der Waals surface area contributed by atoms with Gasteiger partial charge in [0.1, 0.15) is 17.3 Å². The lowest BCUT2D eigenvalue weighted by Gasteiger charge is -2.14. The van der Waals surface area contributed by atoms with Gasteiger partial charge in [0.15, 0.2) is 0 Å². The molecule has 0 atom stereocenters. The summed E-state index contributed by atoms with van der Waals surface area (Å²) < 4.78 is 8.25. The van der Waals surface area contributed by atoms with Gasteiger partial charge in [0.25, 0.3) is 5.91 Å². The van der Waals surface area contributed by atoms with Gasteiger partial charge in [-0.15, -0.1) is 0 Å². The van der Waals surface area contributed by atoms with Gasteiger partial charge in [-0.2, -0.15) is 0 Å². The second-order valence-corrected chi connectivity index (χ2v) is 7.97. The van der Waals surface area contributed by atoms with E-state index in [9.17, 15) is 4.79 Å². The van der Waals surface area contributed by atoms with Crippen molar-refractivity contribution >= 4 is 16.8 Å². The minimum Gasteiger partial charge on any atom is -0.456 e. The number of carbonyl (C=O) groups is 1. The van der Waals surface area contributed by atoms with E-state index in [0.29, 0.717) is 23.6 Å². The molecule has 1 amide bonds. The molecule has 0 aliphatic rings. The number of amides is 1. The molecule has 5 aromatic rings. The summed E-state index contributed by atoms with van der Waals surface area (Å²) in [4.78, 5) is 25.8. The number of hydrogen-bond donors (Lipinski definition) is 1. The number of aromatic nitrogens is 4. The van der Waals surface area contributed by atoms with Crippen molar-refractivity contribution in [3.8, 4) is 22.9 Å². The maximum atomic E-state index is 12.8. The standard InChI is InChI=1S/C27H23N5O2/c1-18-21(27(33)31-17-19-8-11-28-12-9-19)4-3-5-24(18)34-25-10-13-29-23-16-20(6-7-22(23)25)26-30-14-15-32(26)2/h3-16H,17H2,1-2H3,(H,31,33). The molecule has 1 N–H and O–H groups in total. The van der Waals surface area contributed by atoms with Crippen LogP contribution in [0.5, 0.6) is 11.5 Å². The zero-order valence-corrected chi connectivity index (χ0v) is 18.9. The predicted octanol–water partition coefficient (Wildman–Crippen LogP) is 5.06. The molecule has 7 heteroatoms. The number of imidazole rings is 1. The lowest BCUT2D eigenvalue weighted by atomic mass is 10.1. The van der Waals surface area contributed by atoms with E-state index in [1.54, 1.807) is 30.9 Å². The lowest BCUT2D eigenvalue weighted by Crippen LogP contribution is -2.23. The Morgan fingerprint density at radius 2 is 1.82 bits per heavy atom. The molecule has 0 fully saturated rings. The number of nitrogens with zero attached hydrogens (tertiary/aromatic N) is 4. The molecule has 3 aromatic heterocycles. The summed E-state index contributed by atoms with van der Waals surface area (Å²) in [6.45, 7) is 2.32. The average molecular weight is 450 g/mol. The van der Waals surface area contributed by atoms with Gasteiger partial charge in [-0.25, -0.2) is 4.98 Å². The SMILES string of the molecule is Cc1c(Oc2ccnc3cc(-c4nccn4C)ccc23)cccc1C(=O)NCc1ccncc1. The van der Waals surface area contributed by atoms with Gasteiger partial charge in [0.05, 0.1) is 5.52 Å². The van der Waals surface area contributed by atoms with E-state index in [4.69, 9.17) is 4.74 Å². The number of benzene rings is 2. The van der Waals surface area contributed by atoms with Crippen LogP contribution in [0.15, 0.2) is 85.6 Å².